The maximum atomic E-state index is 12.7. The molecule has 1 aromatic carbocycles. The van der Waals surface area contributed by atoms with Crippen LogP contribution in [0.1, 0.15) is 36.9 Å². The Balaban J connectivity index is 1.81. The molecule has 0 saturated carbocycles. The van der Waals surface area contributed by atoms with E-state index < -0.39 is 12.1 Å². The van der Waals surface area contributed by atoms with Crippen LogP contribution in [0.4, 0.5) is 13.2 Å². The van der Waals surface area contributed by atoms with Crippen LogP contribution in [0.5, 0.6) is 0 Å². The lowest BCUT2D eigenvalue weighted by Gasteiger charge is -2.29. The molecule has 0 N–H and O–H groups in total. The topological polar surface area (TPSA) is 56.7 Å². The first-order valence-electron chi connectivity index (χ1n) is 7.78. The first-order valence-corrected chi connectivity index (χ1v) is 7.78. The van der Waals surface area contributed by atoms with Crippen LogP contribution in [0, 0.1) is 5.41 Å². The summed E-state index contributed by atoms with van der Waals surface area (Å²) in [4.78, 5) is 7.61. The molecule has 8 heteroatoms. The molecule has 0 saturated heterocycles. The highest BCUT2D eigenvalue weighted by Gasteiger charge is 2.42. The minimum absolute atomic E-state index is 0.0750. The van der Waals surface area contributed by atoms with Gasteiger partial charge in [0.1, 0.15) is 5.69 Å². The number of hydrogen-bond acceptors (Lipinski definition) is 4. The zero-order valence-electron chi connectivity index (χ0n) is 13.6. The van der Waals surface area contributed by atoms with E-state index in [-0.39, 0.29) is 17.3 Å². The van der Waals surface area contributed by atoms with Gasteiger partial charge in [0.2, 0.25) is 5.82 Å². The Labute approximate surface area is 141 Å². The SMILES string of the molecule is CC1(C)Cc2ccccc2C1n1cncc1-c1noc(C(F)(F)F)n1. The zero-order chi connectivity index (χ0) is 17.8. The number of rotatable bonds is 2. The highest BCUT2D eigenvalue weighted by molar-refractivity contribution is 5.50. The lowest BCUT2D eigenvalue weighted by atomic mass is 9.85. The van der Waals surface area contributed by atoms with E-state index in [0.717, 1.165) is 12.0 Å². The van der Waals surface area contributed by atoms with Gasteiger partial charge in [0, 0.05) is 0 Å². The largest absolute Gasteiger partial charge is 0.471 e. The van der Waals surface area contributed by atoms with Crippen molar-refractivity contribution in [2.45, 2.75) is 32.5 Å². The van der Waals surface area contributed by atoms with Crippen molar-refractivity contribution < 1.29 is 17.7 Å². The molecule has 1 aliphatic carbocycles. The van der Waals surface area contributed by atoms with E-state index >= 15 is 0 Å². The number of imidazole rings is 1. The van der Waals surface area contributed by atoms with E-state index in [1.165, 1.54) is 11.8 Å². The summed E-state index contributed by atoms with van der Waals surface area (Å²) in [6.45, 7) is 4.25. The Hall–Kier alpha value is -2.64. The van der Waals surface area contributed by atoms with Crippen molar-refractivity contribution in [1.82, 2.24) is 19.7 Å². The molecule has 25 heavy (non-hydrogen) atoms. The third kappa shape index (κ3) is 2.52. The highest BCUT2D eigenvalue weighted by Crippen LogP contribution is 2.48. The predicted octanol–water partition coefficient (Wildman–Crippen LogP) is 4.12. The van der Waals surface area contributed by atoms with Crippen molar-refractivity contribution in [1.29, 1.82) is 0 Å². The van der Waals surface area contributed by atoms with E-state index in [1.54, 1.807) is 6.33 Å². The third-order valence-corrected chi connectivity index (χ3v) is 4.58. The second-order valence-corrected chi connectivity index (χ2v) is 6.87. The first kappa shape index (κ1) is 15.9. The highest BCUT2D eigenvalue weighted by atomic mass is 19.4. The summed E-state index contributed by atoms with van der Waals surface area (Å²) >= 11 is 0. The molecule has 1 unspecified atom stereocenters. The van der Waals surface area contributed by atoms with Crippen LogP contribution in [-0.4, -0.2) is 19.7 Å². The zero-order valence-corrected chi connectivity index (χ0v) is 13.6. The van der Waals surface area contributed by atoms with E-state index in [2.05, 4.69) is 39.6 Å². The molecule has 0 spiro atoms. The van der Waals surface area contributed by atoms with Crippen LogP contribution in [0.25, 0.3) is 11.5 Å². The van der Waals surface area contributed by atoms with Crippen LogP contribution < -0.4 is 0 Å². The fraction of sp³-hybridized carbons (Fsp3) is 0.353. The molecule has 0 fully saturated rings. The third-order valence-electron chi connectivity index (χ3n) is 4.58. The van der Waals surface area contributed by atoms with Gasteiger partial charge in [0.15, 0.2) is 0 Å². The number of nitrogens with zero attached hydrogens (tertiary/aromatic N) is 4. The van der Waals surface area contributed by atoms with Gasteiger partial charge in [-0.15, -0.1) is 0 Å². The second kappa shape index (κ2) is 5.18. The number of alkyl halides is 3. The molecule has 0 bridgehead atoms. The normalized spacial score (nSPS) is 19.2. The Morgan fingerprint density at radius 3 is 2.72 bits per heavy atom. The Morgan fingerprint density at radius 1 is 1.24 bits per heavy atom. The minimum atomic E-state index is -4.67. The van der Waals surface area contributed by atoms with Crippen molar-refractivity contribution in [3.05, 3.63) is 53.8 Å². The van der Waals surface area contributed by atoms with Crippen molar-refractivity contribution in [3.63, 3.8) is 0 Å². The van der Waals surface area contributed by atoms with Gasteiger partial charge in [-0.3, -0.25) is 0 Å². The standard InChI is InChI=1S/C17H15F3N4O/c1-16(2)7-10-5-3-4-6-11(10)13(16)24-9-21-8-12(24)14-22-15(25-23-14)17(18,19)20/h3-6,8-9,13H,7H2,1-2H3. The van der Waals surface area contributed by atoms with Crippen LogP contribution in [0.15, 0.2) is 41.3 Å². The van der Waals surface area contributed by atoms with Crippen LogP contribution in [0.2, 0.25) is 0 Å². The van der Waals surface area contributed by atoms with E-state index in [1.807, 2.05) is 22.8 Å². The van der Waals surface area contributed by atoms with Gasteiger partial charge in [0.05, 0.1) is 18.6 Å². The maximum absolute atomic E-state index is 12.7. The van der Waals surface area contributed by atoms with Crippen molar-refractivity contribution in [3.8, 4) is 11.5 Å². The Bertz CT molecular complexity index is 926. The predicted molar refractivity (Wildman–Crippen MR) is 82.6 cm³/mol. The van der Waals surface area contributed by atoms with Gasteiger partial charge in [-0.2, -0.15) is 18.2 Å². The fourth-order valence-corrected chi connectivity index (χ4v) is 3.62. The van der Waals surface area contributed by atoms with Gasteiger partial charge in [-0.05, 0) is 23.0 Å². The summed E-state index contributed by atoms with van der Waals surface area (Å²) in [7, 11) is 0. The second-order valence-electron chi connectivity index (χ2n) is 6.87. The van der Waals surface area contributed by atoms with Crippen LogP contribution >= 0.6 is 0 Å². The molecule has 0 radical (unpaired) electrons. The lowest BCUT2D eigenvalue weighted by Crippen LogP contribution is -2.24. The van der Waals surface area contributed by atoms with Crippen molar-refractivity contribution in [2.24, 2.45) is 5.41 Å². The Morgan fingerprint density at radius 2 is 2.00 bits per heavy atom. The molecule has 5 nitrogen and oxygen atoms in total. The fourth-order valence-electron chi connectivity index (χ4n) is 3.62. The summed E-state index contributed by atoms with van der Waals surface area (Å²) in [5, 5.41) is 3.49. The average molecular weight is 348 g/mol. The van der Waals surface area contributed by atoms with Gasteiger partial charge in [0.25, 0.3) is 0 Å². The molecule has 4 rings (SSSR count). The number of aromatic nitrogens is 4. The van der Waals surface area contributed by atoms with Gasteiger partial charge in [-0.1, -0.05) is 43.3 Å². The molecule has 3 aromatic rings. The minimum Gasteiger partial charge on any atom is -0.329 e. The van der Waals surface area contributed by atoms with E-state index in [0.29, 0.717) is 5.69 Å². The van der Waals surface area contributed by atoms with Gasteiger partial charge >= 0.3 is 12.1 Å². The molecule has 2 aromatic heterocycles. The van der Waals surface area contributed by atoms with Gasteiger partial charge in [-0.25, -0.2) is 4.98 Å². The van der Waals surface area contributed by atoms with Crippen molar-refractivity contribution >= 4 is 0 Å². The molecular formula is C17H15F3N4O. The summed E-state index contributed by atoms with van der Waals surface area (Å²) < 4.78 is 44.4. The summed E-state index contributed by atoms with van der Waals surface area (Å²) in [5.41, 5.74) is 2.62. The lowest BCUT2D eigenvalue weighted by molar-refractivity contribution is -0.159. The van der Waals surface area contributed by atoms with Crippen LogP contribution in [0.3, 0.4) is 0 Å². The van der Waals surface area contributed by atoms with Crippen molar-refractivity contribution in [2.75, 3.05) is 0 Å². The molecular weight excluding hydrogens is 333 g/mol. The van der Waals surface area contributed by atoms with E-state index in [9.17, 15) is 13.2 Å². The average Bonchev–Trinajstić information content (AvgIpc) is 3.20. The summed E-state index contributed by atoms with van der Waals surface area (Å²) in [5.74, 6) is -1.48. The number of fused-ring (bicyclic) bond motifs is 1. The number of benzene rings is 1. The monoisotopic (exact) mass is 348 g/mol. The molecule has 2 heterocycles. The number of halogens is 3. The number of hydrogen-bond donors (Lipinski definition) is 0. The molecule has 1 atom stereocenters. The summed E-state index contributed by atoms with van der Waals surface area (Å²) in [6.07, 6.45) is -0.740. The molecule has 0 aliphatic heterocycles. The van der Waals surface area contributed by atoms with E-state index in [4.69, 9.17) is 0 Å². The first-order chi connectivity index (χ1) is 11.8. The van der Waals surface area contributed by atoms with Crippen LogP contribution in [-0.2, 0) is 12.6 Å². The molecule has 1 aliphatic rings. The molecule has 0 amide bonds. The van der Waals surface area contributed by atoms with Gasteiger partial charge < -0.3 is 9.09 Å². The molecule has 130 valence electrons. The smallest absolute Gasteiger partial charge is 0.329 e. The quantitative estimate of drug-likeness (QED) is 0.699. The summed E-state index contributed by atoms with van der Waals surface area (Å²) in [6, 6.07) is 7.98. The maximum Gasteiger partial charge on any atom is 0.471 e. The Kier molecular flexibility index (Phi) is 3.28.